The van der Waals surface area contributed by atoms with Crippen LogP contribution >= 0.6 is 0 Å². The van der Waals surface area contributed by atoms with Crippen molar-refractivity contribution in [1.82, 2.24) is 0 Å². The first-order chi connectivity index (χ1) is 15.2. The molecule has 0 amide bonds. The third-order valence-corrected chi connectivity index (χ3v) is 13.2. The monoisotopic (exact) mass is 460 g/mol. The molecule has 4 aliphatic rings. The van der Waals surface area contributed by atoms with Crippen molar-refractivity contribution in [3.05, 3.63) is 0 Å². The van der Waals surface area contributed by atoms with E-state index in [0.29, 0.717) is 36.2 Å². The van der Waals surface area contributed by atoms with Gasteiger partial charge in [-0.25, -0.2) is 0 Å². The number of rotatable bonds is 5. The number of aliphatic carboxylic acids is 1. The normalized spacial score (nSPS) is 51.2. The molecule has 0 aromatic heterocycles. The van der Waals surface area contributed by atoms with Crippen molar-refractivity contribution in [2.24, 2.45) is 50.2 Å². The summed E-state index contributed by atoms with van der Waals surface area (Å²) >= 11 is 0. The number of carbonyl (C=O) groups is 1. The van der Waals surface area contributed by atoms with E-state index in [1.54, 1.807) is 0 Å². The predicted molar refractivity (Wildman–Crippen MR) is 135 cm³/mol. The topological polar surface area (TPSA) is 57.5 Å². The van der Waals surface area contributed by atoms with Crippen LogP contribution in [-0.4, -0.2) is 22.8 Å². The third kappa shape index (κ3) is 3.56. The molecule has 4 aliphatic carbocycles. The van der Waals surface area contributed by atoms with Gasteiger partial charge < -0.3 is 10.2 Å². The predicted octanol–water partition coefficient (Wildman–Crippen LogP) is 7.71. The van der Waals surface area contributed by atoms with Crippen LogP contribution in [0.2, 0.25) is 0 Å². The van der Waals surface area contributed by atoms with Crippen LogP contribution in [0.1, 0.15) is 126 Å². The van der Waals surface area contributed by atoms with E-state index in [2.05, 4.69) is 48.5 Å². The van der Waals surface area contributed by atoms with E-state index >= 15 is 0 Å². The first-order valence-corrected chi connectivity index (χ1v) is 14.0. The second kappa shape index (κ2) is 7.97. The number of hydrogen-bond donors (Lipinski definition) is 2. The molecule has 4 fully saturated rings. The quantitative estimate of drug-likeness (QED) is 0.442. The van der Waals surface area contributed by atoms with E-state index in [4.69, 9.17) is 0 Å². The molecule has 190 valence electrons. The molecule has 0 bridgehead atoms. The molecule has 0 saturated heterocycles. The Morgan fingerprint density at radius 2 is 1.45 bits per heavy atom. The van der Waals surface area contributed by atoms with Crippen LogP contribution in [0.5, 0.6) is 0 Å². The molecule has 8 atom stereocenters. The lowest BCUT2D eigenvalue weighted by molar-refractivity contribution is -0.258. The molecular weight excluding hydrogens is 408 g/mol. The Bertz CT molecular complexity index is 775. The highest BCUT2D eigenvalue weighted by Crippen LogP contribution is 2.77. The maximum atomic E-state index is 11.6. The average Bonchev–Trinajstić information content (AvgIpc) is 2.74. The second-order valence-electron chi connectivity index (χ2n) is 14.9. The van der Waals surface area contributed by atoms with Gasteiger partial charge in [-0.15, -0.1) is 0 Å². The fourth-order valence-electron chi connectivity index (χ4n) is 10.6. The summed E-state index contributed by atoms with van der Waals surface area (Å²) in [6.45, 7) is 17.8. The van der Waals surface area contributed by atoms with Crippen molar-refractivity contribution >= 4 is 5.97 Å². The van der Waals surface area contributed by atoms with E-state index in [-0.39, 0.29) is 27.1 Å². The lowest BCUT2D eigenvalue weighted by Gasteiger charge is -2.74. The van der Waals surface area contributed by atoms with Gasteiger partial charge in [0.05, 0.1) is 0 Å². The van der Waals surface area contributed by atoms with Gasteiger partial charge in [-0.05, 0) is 114 Å². The highest BCUT2D eigenvalue weighted by molar-refractivity contribution is 5.66. The van der Waals surface area contributed by atoms with Crippen LogP contribution in [0, 0.1) is 50.2 Å². The fourth-order valence-corrected chi connectivity index (χ4v) is 10.6. The Morgan fingerprint density at radius 1 is 0.848 bits per heavy atom. The van der Waals surface area contributed by atoms with Crippen molar-refractivity contribution in [3.8, 4) is 0 Å². The van der Waals surface area contributed by atoms with Gasteiger partial charge in [0, 0.05) is 13.0 Å². The Labute approximate surface area is 203 Å². The average molecular weight is 461 g/mol. The largest absolute Gasteiger partial charge is 0.481 e. The van der Waals surface area contributed by atoms with Crippen molar-refractivity contribution in [3.63, 3.8) is 0 Å². The van der Waals surface area contributed by atoms with E-state index in [1.807, 2.05) is 0 Å². The second-order valence-corrected chi connectivity index (χ2v) is 14.9. The highest BCUT2D eigenvalue weighted by atomic mass is 16.4. The maximum Gasteiger partial charge on any atom is 0.303 e. The summed E-state index contributed by atoms with van der Waals surface area (Å²) in [5.74, 6) is 1.10. The van der Waals surface area contributed by atoms with Crippen molar-refractivity contribution in [2.75, 3.05) is 6.61 Å². The van der Waals surface area contributed by atoms with Crippen molar-refractivity contribution in [2.45, 2.75) is 126 Å². The van der Waals surface area contributed by atoms with Gasteiger partial charge in [0.25, 0.3) is 0 Å². The van der Waals surface area contributed by atoms with E-state index in [9.17, 15) is 15.0 Å². The molecule has 0 aromatic carbocycles. The van der Waals surface area contributed by atoms with Crippen LogP contribution in [0.25, 0.3) is 0 Å². The Hall–Kier alpha value is -0.570. The summed E-state index contributed by atoms with van der Waals surface area (Å²) in [4.78, 5) is 11.6. The molecule has 3 heteroatoms. The number of aliphatic hydroxyl groups is 1. The molecule has 0 heterocycles. The summed E-state index contributed by atoms with van der Waals surface area (Å²) in [6.07, 6.45) is 13.4. The molecule has 4 rings (SSSR count). The van der Waals surface area contributed by atoms with Gasteiger partial charge >= 0.3 is 5.97 Å². The summed E-state index contributed by atoms with van der Waals surface area (Å²) in [5.41, 5.74) is 1.48. The summed E-state index contributed by atoms with van der Waals surface area (Å²) in [7, 11) is 0. The number of aliphatic hydroxyl groups excluding tert-OH is 1. The maximum absolute atomic E-state index is 11.6. The first-order valence-electron chi connectivity index (χ1n) is 14.0. The minimum atomic E-state index is -0.638. The minimum Gasteiger partial charge on any atom is -0.481 e. The van der Waals surface area contributed by atoms with Crippen LogP contribution in [0.15, 0.2) is 0 Å². The van der Waals surface area contributed by atoms with Gasteiger partial charge in [0.15, 0.2) is 0 Å². The standard InChI is InChI=1S/C30H52O3/c1-8-26(4)12-11-22-27(5,21(26)9-10-24(32)33)14-15-29(7)23-19-25(2,3)13-17-30(23,20-31)18-16-28(22,29)6/h21-23,31H,8-20H2,1-7H3,(H,32,33)/t21-,22-,23+,26-,27-,28+,29-,30+/m0/s1. The number of hydrogen-bond acceptors (Lipinski definition) is 2. The zero-order chi connectivity index (χ0) is 24.5. The van der Waals surface area contributed by atoms with Crippen LogP contribution in [-0.2, 0) is 4.79 Å². The van der Waals surface area contributed by atoms with Crippen LogP contribution < -0.4 is 0 Å². The molecular formula is C30H52O3. The number of fused-ring (bicyclic) bond motifs is 5. The molecule has 0 radical (unpaired) electrons. The SMILES string of the molecule is CC[C@@]1(C)CC[C@H]2[C@@](C)(CC[C@@]3(C)[C@H]4CC(C)(C)CC[C@]4(CO)CC[C@]23C)[C@H]1CCC(=O)O. The molecule has 0 unspecified atom stereocenters. The molecule has 2 N–H and O–H groups in total. The molecule has 3 nitrogen and oxygen atoms in total. The fraction of sp³-hybridized carbons (Fsp3) is 0.967. The Balaban J connectivity index is 1.75. The van der Waals surface area contributed by atoms with Gasteiger partial charge in [0.2, 0.25) is 0 Å². The molecule has 0 aromatic rings. The van der Waals surface area contributed by atoms with E-state index in [1.165, 1.54) is 57.8 Å². The molecule has 33 heavy (non-hydrogen) atoms. The van der Waals surface area contributed by atoms with Gasteiger partial charge in [0.1, 0.15) is 0 Å². The lowest BCUT2D eigenvalue weighted by Crippen LogP contribution is -2.67. The number of carboxylic acids is 1. The third-order valence-electron chi connectivity index (χ3n) is 13.2. The van der Waals surface area contributed by atoms with Gasteiger partial charge in [-0.3, -0.25) is 4.79 Å². The minimum absolute atomic E-state index is 0.118. The molecule has 0 aliphatic heterocycles. The summed E-state index contributed by atoms with van der Waals surface area (Å²) < 4.78 is 0. The zero-order valence-corrected chi connectivity index (χ0v) is 22.7. The van der Waals surface area contributed by atoms with Crippen LogP contribution in [0.3, 0.4) is 0 Å². The molecule has 4 saturated carbocycles. The molecule has 0 spiro atoms. The van der Waals surface area contributed by atoms with E-state index < -0.39 is 5.97 Å². The first kappa shape index (κ1) is 25.5. The van der Waals surface area contributed by atoms with Crippen molar-refractivity contribution in [1.29, 1.82) is 0 Å². The van der Waals surface area contributed by atoms with Crippen LogP contribution in [0.4, 0.5) is 0 Å². The zero-order valence-electron chi connectivity index (χ0n) is 22.7. The highest BCUT2D eigenvalue weighted by Gasteiger charge is 2.70. The van der Waals surface area contributed by atoms with E-state index in [0.717, 1.165) is 12.8 Å². The summed E-state index contributed by atoms with van der Waals surface area (Å²) in [5, 5.41) is 20.3. The lowest BCUT2D eigenvalue weighted by atomic mass is 9.30. The number of carboxylic acid groups (broad SMARTS) is 1. The summed E-state index contributed by atoms with van der Waals surface area (Å²) in [6, 6.07) is 0. The van der Waals surface area contributed by atoms with Gasteiger partial charge in [-0.2, -0.15) is 0 Å². The Kier molecular flexibility index (Phi) is 6.16. The Morgan fingerprint density at radius 3 is 2.06 bits per heavy atom. The smallest absolute Gasteiger partial charge is 0.303 e. The van der Waals surface area contributed by atoms with Crippen molar-refractivity contribution < 1.29 is 15.0 Å². The van der Waals surface area contributed by atoms with Gasteiger partial charge in [-0.1, -0.05) is 54.9 Å².